The molecule has 1 aromatic rings. The van der Waals surface area contributed by atoms with Crippen LogP contribution in [-0.2, 0) is 6.18 Å². The van der Waals surface area contributed by atoms with Gasteiger partial charge in [-0.15, -0.1) is 0 Å². The third-order valence-electron chi connectivity index (χ3n) is 3.60. The third kappa shape index (κ3) is 3.67. The molecular formula is C14H16BrF3O2. The van der Waals surface area contributed by atoms with Crippen LogP contribution in [0.15, 0.2) is 22.7 Å². The molecule has 2 rings (SSSR count). The van der Waals surface area contributed by atoms with E-state index in [-0.39, 0.29) is 28.9 Å². The summed E-state index contributed by atoms with van der Waals surface area (Å²) in [4.78, 5) is 0. The van der Waals surface area contributed by atoms with E-state index in [4.69, 9.17) is 9.84 Å². The van der Waals surface area contributed by atoms with Crippen LogP contribution in [0, 0.1) is 5.92 Å². The van der Waals surface area contributed by atoms with Crippen molar-refractivity contribution in [1.82, 2.24) is 0 Å². The number of hydrogen-bond acceptors (Lipinski definition) is 2. The molecule has 1 aliphatic carbocycles. The molecule has 20 heavy (non-hydrogen) atoms. The average Bonchev–Trinajstić information content (AvgIpc) is 2.38. The van der Waals surface area contributed by atoms with Gasteiger partial charge in [-0.05, 0) is 43.7 Å². The van der Waals surface area contributed by atoms with E-state index in [2.05, 4.69) is 15.9 Å². The van der Waals surface area contributed by atoms with Crippen LogP contribution in [0.25, 0.3) is 0 Å². The molecule has 0 saturated heterocycles. The van der Waals surface area contributed by atoms with Gasteiger partial charge in [0.2, 0.25) is 0 Å². The Morgan fingerprint density at radius 1 is 1.20 bits per heavy atom. The van der Waals surface area contributed by atoms with E-state index >= 15 is 0 Å². The fourth-order valence-corrected chi connectivity index (χ4v) is 3.06. The first-order valence-electron chi connectivity index (χ1n) is 6.55. The van der Waals surface area contributed by atoms with E-state index in [1.165, 1.54) is 18.2 Å². The lowest BCUT2D eigenvalue weighted by atomic mass is 9.88. The van der Waals surface area contributed by atoms with E-state index in [1.807, 2.05) is 0 Å². The van der Waals surface area contributed by atoms with Gasteiger partial charge < -0.3 is 9.84 Å². The molecular weight excluding hydrogens is 337 g/mol. The maximum Gasteiger partial charge on any atom is 0.421 e. The summed E-state index contributed by atoms with van der Waals surface area (Å²) >= 11 is 2.94. The topological polar surface area (TPSA) is 29.5 Å². The highest BCUT2D eigenvalue weighted by molar-refractivity contribution is 9.10. The van der Waals surface area contributed by atoms with Gasteiger partial charge in [-0.25, -0.2) is 0 Å². The molecule has 2 nitrogen and oxygen atoms in total. The number of aliphatic hydroxyl groups is 1. The van der Waals surface area contributed by atoms with E-state index in [0.717, 1.165) is 12.8 Å². The minimum atomic E-state index is -4.45. The molecule has 0 unspecified atom stereocenters. The Bertz CT molecular complexity index is 454. The van der Waals surface area contributed by atoms with Crippen molar-refractivity contribution in [3.05, 3.63) is 28.2 Å². The quantitative estimate of drug-likeness (QED) is 0.873. The molecule has 6 heteroatoms. The Kier molecular flexibility index (Phi) is 4.96. The lowest BCUT2D eigenvalue weighted by Gasteiger charge is -2.29. The van der Waals surface area contributed by atoms with Crippen molar-refractivity contribution in [1.29, 1.82) is 0 Å². The summed E-state index contributed by atoms with van der Waals surface area (Å²) in [6.45, 7) is 0.136. The summed E-state index contributed by atoms with van der Waals surface area (Å²) in [7, 11) is 0. The molecule has 1 saturated carbocycles. The van der Waals surface area contributed by atoms with Crippen LogP contribution in [0.1, 0.15) is 31.2 Å². The van der Waals surface area contributed by atoms with Gasteiger partial charge in [0.15, 0.2) is 0 Å². The molecule has 0 atom stereocenters. The Morgan fingerprint density at radius 3 is 2.40 bits per heavy atom. The second-order valence-electron chi connectivity index (χ2n) is 5.05. The van der Waals surface area contributed by atoms with Gasteiger partial charge in [-0.2, -0.15) is 13.2 Å². The van der Waals surface area contributed by atoms with Crippen molar-refractivity contribution < 1.29 is 23.0 Å². The first kappa shape index (κ1) is 15.6. The van der Waals surface area contributed by atoms with Gasteiger partial charge in [0.25, 0.3) is 0 Å². The third-order valence-corrected chi connectivity index (χ3v) is 4.27. The molecule has 1 N–H and O–H groups in total. The number of rotatable bonds is 3. The standard InChI is InChI=1S/C14H16BrF3O2/c15-11-2-1-3-12(13(11)14(16,17)18)20-10-6-4-9(8-19)5-7-10/h1-3,9-10,19H,4-8H2. The molecule has 1 aromatic carbocycles. The van der Waals surface area contributed by atoms with Crippen LogP contribution in [0.5, 0.6) is 5.75 Å². The van der Waals surface area contributed by atoms with Gasteiger partial charge in [0.1, 0.15) is 11.3 Å². The summed E-state index contributed by atoms with van der Waals surface area (Å²) in [5.41, 5.74) is -0.760. The molecule has 112 valence electrons. The lowest BCUT2D eigenvalue weighted by Crippen LogP contribution is -2.26. The number of ether oxygens (including phenoxy) is 1. The normalized spacial score (nSPS) is 23.6. The second kappa shape index (κ2) is 6.35. The van der Waals surface area contributed by atoms with E-state index in [9.17, 15) is 13.2 Å². The van der Waals surface area contributed by atoms with E-state index in [1.54, 1.807) is 0 Å². The molecule has 0 spiro atoms. The van der Waals surface area contributed by atoms with Crippen molar-refractivity contribution in [3.63, 3.8) is 0 Å². The zero-order valence-corrected chi connectivity index (χ0v) is 12.4. The number of alkyl halides is 3. The molecule has 0 aromatic heterocycles. The van der Waals surface area contributed by atoms with Crippen molar-refractivity contribution >= 4 is 15.9 Å². The fraction of sp³-hybridized carbons (Fsp3) is 0.571. The average molecular weight is 353 g/mol. The van der Waals surface area contributed by atoms with Gasteiger partial charge in [-0.1, -0.05) is 22.0 Å². The Labute approximate surface area is 124 Å². The van der Waals surface area contributed by atoms with E-state index < -0.39 is 11.7 Å². The van der Waals surface area contributed by atoms with Crippen LogP contribution in [0.4, 0.5) is 13.2 Å². The minimum Gasteiger partial charge on any atom is -0.490 e. The van der Waals surface area contributed by atoms with Crippen molar-refractivity contribution in [2.24, 2.45) is 5.92 Å². The summed E-state index contributed by atoms with van der Waals surface area (Å²) < 4.78 is 44.7. The molecule has 0 aliphatic heterocycles. The van der Waals surface area contributed by atoms with Gasteiger partial charge >= 0.3 is 6.18 Å². The predicted octanol–water partition coefficient (Wildman–Crippen LogP) is 4.40. The van der Waals surface area contributed by atoms with Gasteiger partial charge in [0.05, 0.1) is 6.10 Å². The number of benzene rings is 1. The highest BCUT2D eigenvalue weighted by Crippen LogP contribution is 2.42. The maximum atomic E-state index is 13.0. The van der Waals surface area contributed by atoms with Gasteiger partial charge in [0, 0.05) is 11.1 Å². The largest absolute Gasteiger partial charge is 0.490 e. The van der Waals surface area contributed by atoms with Gasteiger partial charge in [-0.3, -0.25) is 0 Å². The van der Waals surface area contributed by atoms with Crippen LogP contribution in [-0.4, -0.2) is 17.8 Å². The fourth-order valence-electron chi connectivity index (χ4n) is 2.49. The second-order valence-corrected chi connectivity index (χ2v) is 5.91. The molecule has 0 radical (unpaired) electrons. The number of hydrogen-bond donors (Lipinski definition) is 1. The van der Waals surface area contributed by atoms with Crippen LogP contribution >= 0.6 is 15.9 Å². The highest BCUT2D eigenvalue weighted by Gasteiger charge is 2.37. The molecule has 0 heterocycles. The predicted molar refractivity (Wildman–Crippen MR) is 72.6 cm³/mol. The molecule has 1 fully saturated rings. The molecule has 1 aliphatic rings. The SMILES string of the molecule is OCC1CCC(Oc2cccc(Br)c2C(F)(F)F)CC1. The first-order valence-corrected chi connectivity index (χ1v) is 7.34. The zero-order valence-electron chi connectivity index (χ0n) is 10.8. The van der Waals surface area contributed by atoms with Crippen LogP contribution < -0.4 is 4.74 Å². The van der Waals surface area contributed by atoms with E-state index in [0.29, 0.717) is 12.8 Å². The van der Waals surface area contributed by atoms with Crippen LogP contribution in [0.3, 0.4) is 0 Å². The monoisotopic (exact) mass is 352 g/mol. The van der Waals surface area contributed by atoms with Crippen LogP contribution in [0.2, 0.25) is 0 Å². The summed E-state index contributed by atoms with van der Waals surface area (Å²) in [6, 6.07) is 4.25. The maximum absolute atomic E-state index is 13.0. The lowest BCUT2D eigenvalue weighted by molar-refractivity contribution is -0.140. The Balaban J connectivity index is 2.12. The first-order chi connectivity index (χ1) is 9.41. The Morgan fingerprint density at radius 2 is 1.85 bits per heavy atom. The number of aliphatic hydroxyl groups excluding tert-OH is 1. The van der Waals surface area contributed by atoms with Crippen molar-refractivity contribution in [3.8, 4) is 5.75 Å². The summed E-state index contributed by atoms with van der Waals surface area (Å²) in [5, 5.41) is 9.06. The minimum absolute atomic E-state index is 0.00783. The summed E-state index contributed by atoms with van der Waals surface area (Å²) in [5.74, 6) is 0.124. The highest BCUT2D eigenvalue weighted by atomic mass is 79.9. The van der Waals surface area contributed by atoms with Crippen molar-refractivity contribution in [2.45, 2.75) is 38.0 Å². The van der Waals surface area contributed by atoms with Crippen molar-refractivity contribution in [2.75, 3.05) is 6.61 Å². The molecule has 0 amide bonds. The summed E-state index contributed by atoms with van der Waals surface area (Å²) in [6.07, 6.45) is -1.73. The smallest absolute Gasteiger partial charge is 0.421 e. The Hall–Kier alpha value is -0.750. The number of halogens is 4. The zero-order chi connectivity index (χ0) is 14.8. The molecule has 0 bridgehead atoms.